The monoisotopic (exact) mass is 438 g/mol. The van der Waals surface area contributed by atoms with Crippen molar-refractivity contribution in [1.82, 2.24) is 9.88 Å². The van der Waals surface area contributed by atoms with Crippen LogP contribution in [0.5, 0.6) is 17.2 Å². The number of hydrogen-bond acceptors (Lipinski definition) is 8. The van der Waals surface area contributed by atoms with E-state index in [0.29, 0.717) is 33.4 Å². The molecule has 0 radical (unpaired) electrons. The topological polar surface area (TPSA) is 99.9 Å². The Kier molecular flexibility index (Phi) is 6.15. The Morgan fingerprint density at radius 1 is 1.07 bits per heavy atom. The second-order valence-corrected chi connectivity index (χ2v) is 9.28. The summed E-state index contributed by atoms with van der Waals surface area (Å²) < 4.78 is 49.5. The minimum absolute atomic E-state index is 0.0622. The van der Waals surface area contributed by atoms with Crippen molar-refractivity contribution in [3.8, 4) is 27.9 Å². The van der Waals surface area contributed by atoms with Crippen LogP contribution in [0.2, 0.25) is 0 Å². The first-order valence-electron chi connectivity index (χ1n) is 8.62. The van der Waals surface area contributed by atoms with Crippen molar-refractivity contribution in [2.75, 3.05) is 21.3 Å². The molecule has 0 saturated carbocycles. The molecule has 1 aromatic carbocycles. The molecular formula is C19H22N2O6S2. The van der Waals surface area contributed by atoms with Crippen LogP contribution < -0.4 is 18.9 Å². The van der Waals surface area contributed by atoms with Gasteiger partial charge in [0.25, 0.3) is 0 Å². The molecule has 0 amide bonds. The van der Waals surface area contributed by atoms with Crippen molar-refractivity contribution in [2.45, 2.75) is 24.6 Å². The van der Waals surface area contributed by atoms with E-state index < -0.39 is 10.0 Å². The smallest absolute Gasteiger partial charge is 0.250 e. The number of methoxy groups -OCH3 is 3. The minimum atomic E-state index is -3.71. The lowest BCUT2D eigenvalue weighted by atomic mass is 10.2. The molecule has 0 fully saturated rings. The van der Waals surface area contributed by atoms with Gasteiger partial charge in [-0.2, -0.15) is 0 Å². The molecule has 0 bridgehead atoms. The number of aryl methyl sites for hydroxylation is 1. The predicted molar refractivity (Wildman–Crippen MR) is 109 cm³/mol. The maximum absolute atomic E-state index is 12.7. The highest BCUT2D eigenvalue weighted by Gasteiger charge is 2.21. The second-order valence-electron chi connectivity index (χ2n) is 6.20. The van der Waals surface area contributed by atoms with Gasteiger partial charge in [-0.1, -0.05) is 5.16 Å². The summed E-state index contributed by atoms with van der Waals surface area (Å²) in [5, 5.41) is 3.92. The fraction of sp³-hybridized carbons (Fsp3) is 0.316. The third-order valence-corrected chi connectivity index (χ3v) is 7.40. The molecule has 8 nitrogen and oxygen atoms in total. The Balaban J connectivity index is 1.81. The zero-order valence-corrected chi connectivity index (χ0v) is 18.4. The van der Waals surface area contributed by atoms with E-state index >= 15 is 0 Å². The van der Waals surface area contributed by atoms with Crippen LogP contribution in [0.15, 0.2) is 33.0 Å². The van der Waals surface area contributed by atoms with Crippen molar-refractivity contribution in [3.05, 3.63) is 41.1 Å². The van der Waals surface area contributed by atoms with Crippen LogP contribution in [0.3, 0.4) is 0 Å². The average Bonchev–Trinajstić information content (AvgIpc) is 3.33. The number of hydrogen-bond donors (Lipinski definition) is 1. The van der Waals surface area contributed by atoms with Crippen molar-refractivity contribution < 1.29 is 27.2 Å². The number of thiophene rings is 1. The van der Waals surface area contributed by atoms with Gasteiger partial charge >= 0.3 is 0 Å². The minimum Gasteiger partial charge on any atom is -0.493 e. The molecular weight excluding hydrogens is 416 g/mol. The van der Waals surface area contributed by atoms with Crippen molar-refractivity contribution in [2.24, 2.45) is 0 Å². The Hall–Kier alpha value is -2.56. The van der Waals surface area contributed by atoms with E-state index in [-0.39, 0.29) is 10.8 Å². The number of aromatic nitrogens is 1. The van der Waals surface area contributed by atoms with Gasteiger partial charge in [-0.15, -0.1) is 11.3 Å². The maximum atomic E-state index is 12.7. The van der Waals surface area contributed by atoms with Gasteiger partial charge in [0.05, 0.1) is 31.9 Å². The van der Waals surface area contributed by atoms with Gasteiger partial charge in [0.2, 0.25) is 15.8 Å². The highest BCUT2D eigenvalue weighted by Crippen LogP contribution is 2.38. The van der Waals surface area contributed by atoms with Crippen LogP contribution >= 0.6 is 11.3 Å². The molecule has 0 spiro atoms. The van der Waals surface area contributed by atoms with E-state index in [1.807, 2.05) is 13.8 Å². The Morgan fingerprint density at radius 2 is 1.72 bits per heavy atom. The standard InChI is InChI=1S/C19H22N2O6S2/c1-11-12(2)21-27-18(11)16-6-7-17(28-16)29(22,23)20-10-13-8-14(24-3)19(26-5)15(9-13)25-4/h6-9,20H,10H2,1-5H3. The molecule has 0 saturated heterocycles. The first-order chi connectivity index (χ1) is 13.8. The molecule has 10 heteroatoms. The van der Waals surface area contributed by atoms with Crippen molar-refractivity contribution in [1.29, 1.82) is 0 Å². The molecule has 0 aliphatic rings. The van der Waals surface area contributed by atoms with Crippen LogP contribution in [-0.4, -0.2) is 34.9 Å². The number of sulfonamides is 1. The number of nitrogens with one attached hydrogen (secondary N) is 1. The zero-order valence-electron chi connectivity index (χ0n) is 16.7. The van der Waals surface area contributed by atoms with Crippen LogP contribution in [-0.2, 0) is 16.6 Å². The number of rotatable bonds is 8. The van der Waals surface area contributed by atoms with Gasteiger partial charge in [-0.05, 0) is 43.7 Å². The lowest BCUT2D eigenvalue weighted by Crippen LogP contribution is -2.22. The SMILES string of the molecule is COc1cc(CNS(=O)(=O)c2ccc(-c3onc(C)c3C)s2)cc(OC)c1OC. The molecule has 3 rings (SSSR count). The zero-order chi connectivity index (χ0) is 21.2. The Morgan fingerprint density at radius 3 is 2.24 bits per heavy atom. The van der Waals surface area contributed by atoms with Gasteiger partial charge in [0.15, 0.2) is 17.3 Å². The number of nitrogens with zero attached hydrogens (tertiary/aromatic N) is 1. The predicted octanol–water partition coefficient (Wildman–Crippen LogP) is 3.52. The quantitative estimate of drug-likeness (QED) is 0.574. The molecule has 3 aromatic rings. The molecule has 2 heterocycles. The summed E-state index contributed by atoms with van der Waals surface area (Å²) in [6, 6.07) is 6.66. The van der Waals surface area contributed by atoms with Gasteiger partial charge in [-0.3, -0.25) is 0 Å². The third kappa shape index (κ3) is 4.24. The van der Waals surface area contributed by atoms with Crippen molar-refractivity contribution in [3.63, 3.8) is 0 Å². The van der Waals surface area contributed by atoms with Crippen LogP contribution in [0, 0.1) is 13.8 Å². The van der Waals surface area contributed by atoms with Crippen molar-refractivity contribution >= 4 is 21.4 Å². The molecule has 0 aliphatic carbocycles. The average molecular weight is 439 g/mol. The normalized spacial score (nSPS) is 11.5. The lowest BCUT2D eigenvalue weighted by molar-refractivity contribution is 0.323. The molecule has 2 aromatic heterocycles. The number of ether oxygens (including phenoxy) is 3. The van der Waals surface area contributed by atoms with Crippen LogP contribution in [0.25, 0.3) is 10.6 Å². The van der Waals surface area contributed by atoms with Gasteiger partial charge in [0, 0.05) is 12.1 Å². The van der Waals surface area contributed by atoms with Gasteiger partial charge < -0.3 is 18.7 Å². The van der Waals surface area contributed by atoms with Crippen LogP contribution in [0.1, 0.15) is 16.8 Å². The lowest BCUT2D eigenvalue weighted by Gasteiger charge is -2.14. The molecule has 29 heavy (non-hydrogen) atoms. The fourth-order valence-corrected chi connectivity index (χ4v) is 5.12. The Labute approximate surface area is 173 Å². The van der Waals surface area contributed by atoms with E-state index in [2.05, 4.69) is 9.88 Å². The first-order valence-corrected chi connectivity index (χ1v) is 10.9. The summed E-state index contributed by atoms with van der Waals surface area (Å²) in [7, 11) is 0.807. The molecule has 0 unspecified atom stereocenters. The summed E-state index contributed by atoms with van der Waals surface area (Å²) in [6.07, 6.45) is 0. The maximum Gasteiger partial charge on any atom is 0.250 e. The summed E-state index contributed by atoms with van der Waals surface area (Å²) in [5.41, 5.74) is 2.33. The van der Waals surface area contributed by atoms with E-state index in [4.69, 9.17) is 18.7 Å². The molecule has 156 valence electrons. The highest BCUT2D eigenvalue weighted by atomic mass is 32.2. The largest absolute Gasteiger partial charge is 0.493 e. The summed E-state index contributed by atoms with van der Waals surface area (Å²) in [5.74, 6) is 1.94. The first kappa shape index (κ1) is 21.2. The molecule has 0 aliphatic heterocycles. The van der Waals surface area contributed by atoms with Gasteiger partial charge in [-0.25, -0.2) is 13.1 Å². The van der Waals surface area contributed by atoms with Crippen LogP contribution in [0.4, 0.5) is 0 Å². The van der Waals surface area contributed by atoms with E-state index in [1.165, 1.54) is 21.3 Å². The summed E-state index contributed by atoms with van der Waals surface area (Å²) in [4.78, 5) is 0.705. The third-order valence-electron chi connectivity index (χ3n) is 4.42. The summed E-state index contributed by atoms with van der Waals surface area (Å²) in [6.45, 7) is 3.79. The highest BCUT2D eigenvalue weighted by molar-refractivity contribution is 7.91. The van der Waals surface area contributed by atoms with E-state index in [0.717, 1.165) is 22.6 Å². The Bertz CT molecular complexity index is 1090. The van der Waals surface area contributed by atoms with Gasteiger partial charge in [0.1, 0.15) is 4.21 Å². The number of benzene rings is 1. The van der Waals surface area contributed by atoms with E-state index in [9.17, 15) is 8.42 Å². The molecule has 0 atom stereocenters. The second kappa shape index (κ2) is 8.44. The fourth-order valence-electron chi connectivity index (χ4n) is 2.72. The summed E-state index contributed by atoms with van der Waals surface area (Å²) >= 11 is 1.12. The van der Waals surface area contributed by atoms with E-state index in [1.54, 1.807) is 24.3 Å². The molecule has 1 N–H and O–H groups in total.